The standard InChI is InChI=1S/C13H24N2O3/c1-6-10-11(16)14-13(4,5)12(17)15(10)8-9(3)18-7-2/h9-10H,6-8H2,1-5H3,(H,14,16). The highest BCUT2D eigenvalue weighted by molar-refractivity contribution is 5.99. The molecular weight excluding hydrogens is 232 g/mol. The van der Waals surface area contributed by atoms with Crippen molar-refractivity contribution < 1.29 is 14.3 Å². The Bertz CT molecular complexity index is 328. The van der Waals surface area contributed by atoms with E-state index in [4.69, 9.17) is 4.74 Å². The maximum absolute atomic E-state index is 12.4. The van der Waals surface area contributed by atoms with Crippen molar-refractivity contribution in [3.8, 4) is 0 Å². The Morgan fingerprint density at radius 3 is 2.50 bits per heavy atom. The average molecular weight is 256 g/mol. The molecule has 0 spiro atoms. The second-order valence-electron chi connectivity index (χ2n) is 5.26. The summed E-state index contributed by atoms with van der Waals surface area (Å²) in [5.74, 6) is -0.119. The highest BCUT2D eigenvalue weighted by atomic mass is 16.5. The predicted octanol–water partition coefficient (Wildman–Crippen LogP) is 0.927. The number of hydrogen-bond acceptors (Lipinski definition) is 3. The molecule has 0 radical (unpaired) electrons. The van der Waals surface area contributed by atoms with Gasteiger partial charge in [0.05, 0.1) is 6.10 Å². The van der Waals surface area contributed by atoms with Crippen LogP contribution in [0.2, 0.25) is 0 Å². The summed E-state index contributed by atoms with van der Waals surface area (Å²) >= 11 is 0. The van der Waals surface area contributed by atoms with Gasteiger partial charge in [0, 0.05) is 13.2 Å². The van der Waals surface area contributed by atoms with Crippen molar-refractivity contribution in [2.24, 2.45) is 0 Å². The molecule has 1 aliphatic rings. The van der Waals surface area contributed by atoms with Gasteiger partial charge in [0.15, 0.2) is 0 Å². The second kappa shape index (κ2) is 5.69. The molecule has 0 aromatic rings. The third-order valence-electron chi connectivity index (χ3n) is 3.20. The van der Waals surface area contributed by atoms with Crippen LogP contribution in [0.25, 0.3) is 0 Å². The third kappa shape index (κ3) is 3.02. The largest absolute Gasteiger partial charge is 0.377 e. The average Bonchev–Trinajstić information content (AvgIpc) is 2.25. The lowest BCUT2D eigenvalue weighted by Gasteiger charge is -2.43. The minimum atomic E-state index is -0.825. The zero-order valence-corrected chi connectivity index (χ0v) is 11.9. The molecule has 18 heavy (non-hydrogen) atoms. The Labute approximate surface area is 109 Å². The van der Waals surface area contributed by atoms with Crippen LogP contribution in [0.15, 0.2) is 0 Å². The second-order valence-corrected chi connectivity index (χ2v) is 5.26. The van der Waals surface area contributed by atoms with Crippen molar-refractivity contribution in [1.29, 1.82) is 0 Å². The Morgan fingerprint density at radius 2 is 2.00 bits per heavy atom. The maximum Gasteiger partial charge on any atom is 0.248 e. The molecule has 1 aliphatic heterocycles. The van der Waals surface area contributed by atoms with Gasteiger partial charge in [0.25, 0.3) is 0 Å². The number of hydrogen-bond donors (Lipinski definition) is 1. The van der Waals surface area contributed by atoms with Crippen LogP contribution in [0, 0.1) is 0 Å². The molecule has 0 bridgehead atoms. The van der Waals surface area contributed by atoms with E-state index in [0.29, 0.717) is 19.6 Å². The van der Waals surface area contributed by atoms with Gasteiger partial charge in [0.2, 0.25) is 11.8 Å². The van der Waals surface area contributed by atoms with Crippen LogP contribution in [0.3, 0.4) is 0 Å². The molecule has 1 N–H and O–H groups in total. The first kappa shape index (κ1) is 15.0. The number of rotatable bonds is 5. The molecule has 1 saturated heterocycles. The number of amides is 2. The summed E-state index contributed by atoms with van der Waals surface area (Å²) in [6.45, 7) is 10.3. The van der Waals surface area contributed by atoms with Gasteiger partial charge in [0.1, 0.15) is 11.6 Å². The summed E-state index contributed by atoms with van der Waals surface area (Å²) in [6, 6.07) is -0.381. The summed E-state index contributed by atoms with van der Waals surface area (Å²) < 4.78 is 5.46. The molecule has 2 atom stereocenters. The highest BCUT2D eigenvalue weighted by Crippen LogP contribution is 2.20. The zero-order valence-electron chi connectivity index (χ0n) is 11.9. The molecule has 2 amide bonds. The van der Waals surface area contributed by atoms with E-state index in [-0.39, 0.29) is 24.0 Å². The molecule has 104 valence electrons. The lowest BCUT2D eigenvalue weighted by atomic mass is 9.95. The van der Waals surface area contributed by atoms with Crippen LogP contribution in [-0.2, 0) is 14.3 Å². The summed E-state index contributed by atoms with van der Waals surface area (Å²) in [4.78, 5) is 26.0. The molecule has 1 rings (SSSR count). The lowest BCUT2D eigenvalue weighted by Crippen LogP contribution is -2.68. The van der Waals surface area contributed by atoms with Gasteiger partial charge in [-0.1, -0.05) is 6.92 Å². The fourth-order valence-corrected chi connectivity index (χ4v) is 2.32. The first-order chi connectivity index (χ1) is 8.33. The summed E-state index contributed by atoms with van der Waals surface area (Å²) in [5, 5.41) is 2.77. The number of piperazine rings is 1. The molecule has 0 saturated carbocycles. The van der Waals surface area contributed by atoms with Crippen LogP contribution in [0.1, 0.15) is 41.0 Å². The molecule has 0 aromatic carbocycles. The number of carbonyl (C=O) groups excluding carboxylic acids is 2. The first-order valence-electron chi connectivity index (χ1n) is 6.58. The molecule has 5 nitrogen and oxygen atoms in total. The van der Waals surface area contributed by atoms with Gasteiger partial charge >= 0.3 is 0 Å². The Kier molecular flexibility index (Phi) is 4.73. The number of ether oxygens (including phenoxy) is 1. The van der Waals surface area contributed by atoms with E-state index in [9.17, 15) is 9.59 Å². The van der Waals surface area contributed by atoms with Crippen LogP contribution in [0.5, 0.6) is 0 Å². The molecule has 0 aliphatic carbocycles. The quantitative estimate of drug-likeness (QED) is 0.796. The molecule has 1 heterocycles. The van der Waals surface area contributed by atoms with Gasteiger partial charge in [-0.15, -0.1) is 0 Å². The highest BCUT2D eigenvalue weighted by Gasteiger charge is 2.44. The molecule has 2 unspecified atom stereocenters. The number of nitrogens with zero attached hydrogens (tertiary/aromatic N) is 1. The van der Waals surface area contributed by atoms with Crippen LogP contribution in [0.4, 0.5) is 0 Å². The van der Waals surface area contributed by atoms with Crippen molar-refractivity contribution in [3.63, 3.8) is 0 Å². The minimum absolute atomic E-state index is 0.0412. The van der Waals surface area contributed by atoms with Crippen molar-refractivity contribution in [2.75, 3.05) is 13.2 Å². The summed E-state index contributed by atoms with van der Waals surface area (Å²) in [7, 11) is 0. The monoisotopic (exact) mass is 256 g/mol. The normalized spacial score (nSPS) is 24.9. The fraction of sp³-hybridized carbons (Fsp3) is 0.846. The zero-order chi connectivity index (χ0) is 13.9. The molecule has 5 heteroatoms. The Hall–Kier alpha value is -1.10. The smallest absolute Gasteiger partial charge is 0.248 e. The first-order valence-corrected chi connectivity index (χ1v) is 6.58. The molecule has 1 fully saturated rings. The minimum Gasteiger partial charge on any atom is -0.377 e. The van der Waals surface area contributed by atoms with Gasteiger partial charge < -0.3 is 15.0 Å². The van der Waals surface area contributed by atoms with E-state index < -0.39 is 5.54 Å². The van der Waals surface area contributed by atoms with Gasteiger partial charge in [-0.05, 0) is 34.1 Å². The third-order valence-corrected chi connectivity index (χ3v) is 3.20. The van der Waals surface area contributed by atoms with Crippen molar-refractivity contribution in [2.45, 2.75) is 58.7 Å². The Morgan fingerprint density at radius 1 is 1.39 bits per heavy atom. The summed E-state index contributed by atoms with van der Waals surface area (Å²) in [6.07, 6.45) is 0.557. The number of carbonyl (C=O) groups is 2. The van der Waals surface area contributed by atoms with E-state index in [1.54, 1.807) is 18.7 Å². The van der Waals surface area contributed by atoms with Gasteiger partial charge in [-0.25, -0.2) is 0 Å². The maximum atomic E-state index is 12.4. The molecule has 0 aromatic heterocycles. The topological polar surface area (TPSA) is 58.6 Å². The lowest BCUT2D eigenvalue weighted by molar-refractivity contribution is -0.155. The van der Waals surface area contributed by atoms with Gasteiger partial charge in [-0.3, -0.25) is 9.59 Å². The molecular formula is C13H24N2O3. The van der Waals surface area contributed by atoms with Crippen molar-refractivity contribution in [3.05, 3.63) is 0 Å². The summed E-state index contributed by atoms with van der Waals surface area (Å²) in [5.41, 5.74) is -0.825. The van der Waals surface area contributed by atoms with Crippen molar-refractivity contribution in [1.82, 2.24) is 10.2 Å². The Balaban J connectivity index is 2.87. The van der Waals surface area contributed by atoms with E-state index >= 15 is 0 Å². The van der Waals surface area contributed by atoms with Crippen LogP contribution < -0.4 is 5.32 Å². The fourth-order valence-electron chi connectivity index (χ4n) is 2.32. The van der Waals surface area contributed by atoms with E-state index in [0.717, 1.165) is 0 Å². The predicted molar refractivity (Wildman–Crippen MR) is 69.1 cm³/mol. The van der Waals surface area contributed by atoms with E-state index in [1.165, 1.54) is 0 Å². The van der Waals surface area contributed by atoms with E-state index in [1.807, 2.05) is 20.8 Å². The van der Waals surface area contributed by atoms with Crippen LogP contribution >= 0.6 is 0 Å². The van der Waals surface area contributed by atoms with Crippen molar-refractivity contribution >= 4 is 11.8 Å². The van der Waals surface area contributed by atoms with E-state index in [2.05, 4.69) is 5.32 Å². The van der Waals surface area contributed by atoms with Crippen LogP contribution in [-0.4, -0.2) is 47.6 Å². The SMILES string of the molecule is CCOC(C)CN1C(=O)C(C)(C)NC(=O)C1CC. The number of nitrogens with one attached hydrogen (secondary N) is 1. The van der Waals surface area contributed by atoms with Gasteiger partial charge in [-0.2, -0.15) is 0 Å².